The molecule has 0 spiro atoms. The molecule has 4 rings (SSSR count). The van der Waals surface area contributed by atoms with Crippen LogP contribution in [0.4, 0.5) is 0 Å². The molecule has 6 nitrogen and oxygen atoms in total. The molecule has 2 aromatic rings. The predicted octanol–water partition coefficient (Wildman–Crippen LogP) is 3.53. The Balaban J connectivity index is 1.82. The fourth-order valence-electron chi connectivity index (χ4n) is 3.98. The summed E-state index contributed by atoms with van der Waals surface area (Å²) < 4.78 is 0. The van der Waals surface area contributed by atoms with Gasteiger partial charge in [0.25, 0.3) is 0 Å². The quantitative estimate of drug-likeness (QED) is 0.665. The lowest BCUT2D eigenvalue weighted by molar-refractivity contribution is -0.132. The van der Waals surface area contributed by atoms with Crippen molar-refractivity contribution in [1.82, 2.24) is 15.8 Å². The van der Waals surface area contributed by atoms with Crippen LogP contribution in [0.2, 0.25) is 0 Å². The number of rotatable bonds is 2. The van der Waals surface area contributed by atoms with Gasteiger partial charge in [-0.05, 0) is 30.8 Å². The second-order valence-electron chi connectivity index (χ2n) is 7.16. The third-order valence-electron chi connectivity index (χ3n) is 5.27. The maximum atomic E-state index is 12.3. The van der Waals surface area contributed by atoms with Crippen LogP contribution in [0.5, 0.6) is 5.75 Å². The number of hydrazine groups is 1. The normalized spacial score (nSPS) is 24.0. The van der Waals surface area contributed by atoms with E-state index >= 15 is 0 Å². The molecule has 1 amide bonds. The Hall–Kier alpha value is -3.19. The first-order valence-electron chi connectivity index (χ1n) is 9.44. The number of hydrogen-bond donors (Lipinski definition) is 3. The van der Waals surface area contributed by atoms with Gasteiger partial charge >= 0.3 is 0 Å². The maximum absolute atomic E-state index is 12.3. The summed E-state index contributed by atoms with van der Waals surface area (Å²) in [6.07, 6.45) is 0.539. The van der Waals surface area contributed by atoms with Gasteiger partial charge in [0.15, 0.2) is 5.11 Å². The SMILES string of the molecule is CC(=O)N1N/C(=C2/C(C)=NC(=S)NC2c2ccccc2)CC1c1ccccc1O. The minimum atomic E-state index is -0.311. The van der Waals surface area contributed by atoms with E-state index < -0.39 is 0 Å². The standard InChI is InChI=1S/C22H22N4O2S/c1-13-20(21(24-22(29)23-13)15-8-4-3-5-9-15)17-12-18(26(25-17)14(2)27)16-10-6-7-11-19(16)28/h3-11,18,21,25,28H,12H2,1-2H3,(H,24,29)/b20-17-. The van der Waals surface area contributed by atoms with Gasteiger partial charge in [0, 0.05) is 35.9 Å². The fourth-order valence-corrected chi connectivity index (χ4v) is 4.23. The molecule has 2 atom stereocenters. The minimum Gasteiger partial charge on any atom is -0.508 e. The molecular formula is C22H22N4O2S. The summed E-state index contributed by atoms with van der Waals surface area (Å²) in [5.74, 6) is 0.0451. The van der Waals surface area contributed by atoms with Crippen molar-refractivity contribution in [3.8, 4) is 5.75 Å². The van der Waals surface area contributed by atoms with Crippen LogP contribution < -0.4 is 10.7 Å². The van der Waals surface area contributed by atoms with Gasteiger partial charge in [-0.3, -0.25) is 10.2 Å². The van der Waals surface area contributed by atoms with Crippen LogP contribution in [0.15, 0.2) is 70.9 Å². The van der Waals surface area contributed by atoms with Gasteiger partial charge in [-0.25, -0.2) is 10.0 Å². The highest BCUT2D eigenvalue weighted by Gasteiger charge is 2.37. The monoisotopic (exact) mass is 406 g/mol. The number of nitrogens with one attached hydrogen (secondary N) is 2. The number of aliphatic imine (C=N–C) groups is 1. The highest BCUT2D eigenvalue weighted by Crippen LogP contribution is 2.40. The Morgan fingerprint density at radius 1 is 1.17 bits per heavy atom. The van der Waals surface area contributed by atoms with E-state index in [1.165, 1.54) is 6.92 Å². The van der Waals surface area contributed by atoms with Crippen LogP contribution in [0, 0.1) is 0 Å². The number of para-hydroxylation sites is 1. The number of nitrogens with zero attached hydrogens (tertiary/aromatic N) is 2. The highest BCUT2D eigenvalue weighted by molar-refractivity contribution is 7.80. The van der Waals surface area contributed by atoms with Gasteiger partial charge in [-0.15, -0.1) is 0 Å². The zero-order valence-electron chi connectivity index (χ0n) is 16.2. The van der Waals surface area contributed by atoms with Crippen molar-refractivity contribution in [2.24, 2.45) is 4.99 Å². The zero-order chi connectivity index (χ0) is 20.5. The van der Waals surface area contributed by atoms with E-state index in [-0.39, 0.29) is 23.7 Å². The lowest BCUT2D eigenvalue weighted by Gasteiger charge is -2.29. The van der Waals surface area contributed by atoms with E-state index in [1.54, 1.807) is 17.1 Å². The summed E-state index contributed by atoms with van der Waals surface area (Å²) in [6.45, 7) is 3.44. The van der Waals surface area contributed by atoms with Gasteiger partial charge in [-0.1, -0.05) is 48.5 Å². The predicted molar refractivity (Wildman–Crippen MR) is 116 cm³/mol. The van der Waals surface area contributed by atoms with E-state index in [0.717, 1.165) is 22.5 Å². The summed E-state index contributed by atoms with van der Waals surface area (Å²) in [4.78, 5) is 16.8. The summed E-state index contributed by atoms with van der Waals surface area (Å²) in [5, 5.41) is 15.7. The molecule has 0 radical (unpaired) electrons. The van der Waals surface area contributed by atoms with Crippen molar-refractivity contribution in [2.45, 2.75) is 32.4 Å². The minimum absolute atomic E-state index is 0.126. The van der Waals surface area contributed by atoms with E-state index in [2.05, 4.69) is 15.7 Å². The average Bonchev–Trinajstić information content (AvgIpc) is 3.13. The molecule has 0 aliphatic carbocycles. The van der Waals surface area contributed by atoms with E-state index in [0.29, 0.717) is 17.1 Å². The molecule has 3 N–H and O–H groups in total. The number of carbonyl (C=O) groups excluding carboxylic acids is 1. The smallest absolute Gasteiger partial charge is 0.238 e. The average molecular weight is 407 g/mol. The van der Waals surface area contributed by atoms with Crippen molar-refractivity contribution in [1.29, 1.82) is 0 Å². The van der Waals surface area contributed by atoms with Crippen molar-refractivity contribution >= 4 is 28.9 Å². The second-order valence-corrected chi connectivity index (χ2v) is 7.55. The molecule has 148 valence electrons. The Morgan fingerprint density at radius 3 is 2.55 bits per heavy atom. The number of carbonyl (C=O) groups is 1. The molecule has 2 aliphatic heterocycles. The van der Waals surface area contributed by atoms with Crippen molar-refractivity contribution in [3.05, 3.63) is 77.0 Å². The Labute approximate surface area is 174 Å². The first-order valence-corrected chi connectivity index (χ1v) is 9.85. The van der Waals surface area contributed by atoms with Gasteiger partial charge in [-0.2, -0.15) is 0 Å². The van der Waals surface area contributed by atoms with Crippen LogP contribution in [0.1, 0.15) is 43.5 Å². The summed E-state index contributed by atoms with van der Waals surface area (Å²) in [5.41, 5.74) is 7.70. The van der Waals surface area contributed by atoms with Gasteiger partial charge < -0.3 is 10.4 Å². The molecule has 1 saturated heterocycles. The molecule has 1 fully saturated rings. The Morgan fingerprint density at radius 2 is 1.86 bits per heavy atom. The van der Waals surface area contributed by atoms with E-state index in [4.69, 9.17) is 12.2 Å². The maximum Gasteiger partial charge on any atom is 0.238 e. The topological polar surface area (TPSA) is 77.0 Å². The Kier molecular flexibility index (Phi) is 5.07. The van der Waals surface area contributed by atoms with Crippen LogP contribution in [-0.2, 0) is 4.79 Å². The van der Waals surface area contributed by atoms with Crippen LogP contribution in [0.25, 0.3) is 0 Å². The molecule has 0 aromatic heterocycles. The first-order chi connectivity index (χ1) is 14.0. The number of amides is 1. The molecule has 7 heteroatoms. The fraction of sp³-hybridized carbons (Fsp3) is 0.227. The largest absolute Gasteiger partial charge is 0.508 e. The lowest BCUT2D eigenvalue weighted by Crippen LogP contribution is -2.39. The number of hydrogen-bond acceptors (Lipinski definition) is 4. The molecule has 2 unspecified atom stereocenters. The number of benzene rings is 2. The number of phenols is 1. The van der Waals surface area contributed by atoms with Crippen LogP contribution >= 0.6 is 12.2 Å². The van der Waals surface area contributed by atoms with E-state index in [9.17, 15) is 9.90 Å². The third-order valence-corrected chi connectivity index (χ3v) is 5.48. The van der Waals surface area contributed by atoms with Gasteiger partial charge in [0.2, 0.25) is 5.91 Å². The lowest BCUT2D eigenvalue weighted by atomic mass is 9.90. The third kappa shape index (κ3) is 3.61. The molecular weight excluding hydrogens is 384 g/mol. The molecule has 2 heterocycles. The molecule has 0 bridgehead atoms. The van der Waals surface area contributed by atoms with Crippen LogP contribution in [0.3, 0.4) is 0 Å². The number of phenolic OH excluding ortho intramolecular Hbond substituents is 1. The summed E-state index contributed by atoms with van der Waals surface area (Å²) >= 11 is 5.33. The van der Waals surface area contributed by atoms with Gasteiger partial charge in [0.05, 0.1) is 12.1 Å². The molecule has 29 heavy (non-hydrogen) atoms. The van der Waals surface area contributed by atoms with Crippen molar-refractivity contribution < 1.29 is 9.90 Å². The van der Waals surface area contributed by atoms with Gasteiger partial charge in [0.1, 0.15) is 5.75 Å². The second kappa shape index (κ2) is 7.67. The number of aromatic hydroxyl groups is 1. The molecule has 2 aliphatic rings. The zero-order valence-corrected chi connectivity index (χ0v) is 17.0. The molecule has 0 saturated carbocycles. The first kappa shape index (κ1) is 19.1. The van der Waals surface area contributed by atoms with Crippen molar-refractivity contribution in [3.63, 3.8) is 0 Å². The number of thiocarbonyl (C=S) groups is 1. The van der Waals surface area contributed by atoms with E-state index in [1.807, 2.05) is 49.4 Å². The highest BCUT2D eigenvalue weighted by atomic mass is 32.1. The summed E-state index contributed by atoms with van der Waals surface area (Å²) in [7, 11) is 0. The summed E-state index contributed by atoms with van der Waals surface area (Å²) in [6, 6.07) is 16.7. The molecule has 2 aromatic carbocycles. The van der Waals surface area contributed by atoms with Crippen LogP contribution in [-0.4, -0.2) is 26.8 Å². The Bertz CT molecular complexity index is 1030. The van der Waals surface area contributed by atoms with Crippen molar-refractivity contribution in [2.75, 3.05) is 0 Å².